The van der Waals surface area contributed by atoms with E-state index in [-0.39, 0.29) is 5.91 Å². The largest absolute Gasteiger partial charge is 0.330 e. The van der Waals surface area contributed by atoms with Crippen molar-refractivity contribution < 1.29 is 4.79 Å². The van der Waals surface area contributed by atoms with Gasteiger partial charge in [-0.05, 0) is 70.6 Å². The van der Waals surface area contributed by atoms with E-state index in [1.165, 1.54) is 0 Å². The standard InChI is InChI=1S/C12H16Br3N3O/c1-18(4-2-3-16)7-11(19)17-12-9(14)5-8(13)6-10(12)15/h5-6H,2-4,7,16H2,1H3,(H,17,19). The molecule has 0 aliphatic carbocycles. The van der Waals surface area contributed by atoms with Crippen LogP contribution in [0.25, 0.3) is 0 Å². The number of hydrogen-bond acceptors (Lipinski definition) is 3. The van der Waals surface area contributed by atoms with E-state index in [2.05, 4.69) is 53.1 Å². The van der Waals surface area contributed by atoms with Gasteiger partial charge in [-0.15, -0.1) is 0 Å². The predicted octanol–water partition coefficient (Wildman–Crippen LogP) is 3.19. The van der Waals surface area contributed by atoms with Crippen molar-refractivity contribution in [2.75, 3.05) is 32.0 Å². The summed E-state index contributed by atoms with van der Waals surface area (Å²) >= 11 is 10.2. The lowest BCUT2D eigenvalue weighted by molar-refractivity contribution is -0.117. The molecule has 0 aromatic heterocycles. The number of carbonyl (C=O) groups is 1. The van der Waals surface area contributed by atoms with Gasteiger partial charge in [-0.25, -0.2) is 0 Å². The van der Waals surface area contributed by atoms with Crippen molar-refractivity contribution in [2.24, 2.45) is 5.73 Å². The van der Waals surface area contributed by atoms with Gasteiger partial charge < -0.3 is 11.1 Å². The van der Waals surface area contributed by atoms with Crippen LogP contribution in [0.15, 0.2) is 25.6 Å². The number of likely N-dealkylation sites (N-methyl/N-ethyl adjacent to an activating group) is 1. The van der Waals surface area contributed by atoms with Crippen LogP contribution in [0.1, 0.15) is 6.42 Å². The molecule has 0 aliphatic rings. The summed E-state index contributed by atoms with van der Waals surface area (Å²) in [6.07, 6.45) is 0.884. The minimum Gasteiger partial charge on any atom is -0.330 e. The molecule has 1 amide bonds. The summed E-state index contributed by atoms with van der Waals surface area (Å²) in [6.45, 7) is 1.79. The number of anilines is 1. The molecule has 0 bridgehead atoms. The topological polar surface area (TPSA) is 58.4 Å². The molecule has 0 aliphatic heterocycles. The molecule has 106 valence electrons. The third-order valence-corrected chi connectivity index (χ3v) is 4.14. The maximum absolute atomic E-state index is 11.9. The SMILES string of the molecule is CN(CCCN)CC(=O)Nc1c(Br)cc(Br)cc1Br. The van der Waals surface area contributed by atoms with Crippen LogP contribution in [0.4, 0.5) is 5.69 Å². The molecule has 1 aromatic rings. The summed E-state index contributed by atoms with van der Waals surface area (Å²) in [5.74, 6) is -0.0526. The number of nitrogens with two attached hydrogens (primary N) is 1. The Morgan fingerprint density at radius 3 is 2.42 bits per heavy atom. The van der Waals surface area contributed by atoms with Gasteiger partial charge in [0.1, 0.15) is 0 Å². The molecule has 3 N–H and O–H groups in total. The Morgan fingerprint density at radius 1 is 1.32 bits per heavy atom. The number of nitrogens with zero attached hydrogens (tertiary/aromatic N) is 1. The summed E-state index contributed by atoms with van der Waals surface area (Å²) in [5.41, 5.74) is 6.18. The summed E-state index contributed by atoms with van der Waals surface area (Å²) in [5, 5.41) is 2.89. The Morgan fingerprint density at radius 2 is 1.89 bits per heavy atom. The van der Waals surface area contributed by atoms with Crippen LogP contribution in [0.5, 0.6) is 0 Å². The van der Waals surface area contributed by atoms with Crippen LogP contribution in [0.2, 0.25) is 0 Å². The van der Waals surface area contributed by atoms with E-state index in [0.29, 0.717) is 13.1 Å². The van der Waals surface area contributed by atoms with Crippen molar-refractivity contribution in [3.63, 3.8) is 0 Å². The van der Waals surface area contributed by atoms with E-state index in [0.717, 1.165) is 32.1 Å². The molecule has 0 radical (unpaired) electrons. The molecule has 0 fully saturated rings. The Kier molecular flexibility index (Phi) is 7.53. The second kappa shape index (κ2) is 8.36. The van der Waals surface area contributed by atoms with Crippen molar-refractivity contribution in [3.05, 3.63) is 25.6 Å². The van der Waals surface area contributed by atoms with E-state index in [4.69, 9.17) is 5.73 Å². The monoisotopic (exact) mass is 455 g/mol. The van der Waals surface area contributed by atoms with E-state index in [1.807, 2.05) is 24.1 Å². The molecule has 0 heterocycles. The number of halogens is 3. The average molecular weight is 458 g/mol. The number of amides is 1. The average Bonchev–Trinajstić information content (AvgIpc) is 2.31. The summed E-state index contributed by atoms with van der Waals surface area (Å²) in [4.78, 5) is 13.9. The van der Waals surface area contributed by atoms with Crippen LogP contribution >= 0.6 is 47.8 Å². The molecule has 0 unspecified atom stereocenters. The second-order valence-electron chi connectivity index (χ2n) is 4.17. The first kappa shape index (κ1) is 17.1. The molecule has 1 aromatic carbocycles. The van der Waals surface area contributed by atoms with Gasteiger partial charge in [0.2, 0.25) is 5.91 Å². The van der Waals surface area contributed by atoms with Gasteiger partial charge >= 0.3 is 0 Å². The molecule has 4 nitrogen and oxygen atoms in total. The molecular formula is C12H16Br3N3O. The van der Waals surface area contributed by atoms with Gasteiger partial charge in [-0.3, -0.25) is 9.69 Å². The van der Waals surface area contributed by atoms with Gasteiger partial charge in [-0.2, -0.15) is 0 Å². The highest BCUT2D eigenvalue weighted by Gasteiger charge is 2.12. The second-order valence-corrected chi connectivity index (χ2v) is 6.80. The van der Waals surface area contributed by atoms with E-state index in [9.17, 15) is 4.79 Å². The molecule has 0 saturated heterocycles. The summed E-state index contributed by atoms with van der Waals surface area (Å²) < 4.78 is 2.59. The molecule has 1 rings (SSSR count). The van der Waals surface area contributed by atoms with Gasteiger partial charge in [0.25, 0.3) is 0 Å². The Balaban J connectivity index is 2.62. The fourth-order valence-corrected chi connectivity index (χ4v) is 3.98. The fraction of sp³-hybridized carbons (Fsp3) is 0.417. The van der Waals surface area contributed by atoms with Gasteiger partial charge in [0.05, 0.1) is 12.2 Å². The highest BCUT2D eigenvalue weighted by molar-refractivity contribution is 9.11. The van der Waals surface area contributed by atoms with Gasteiger partial charge in [-0.1, -0.05) is 15.9 Å². The molecule has 7 heteroatoms. The molecular weight excluding hydrogens is 442 g/mol. The van der Waals surface area contributed by atoms with Crippen molar-refractivity contribution in [3.8, 4) is 0 Å². The first-order valence-corrected chi connectivity index (χ1v) is 8.15. The first-order valence-electron chi connectivity index (χ1n) is 5.77. The lowest BCUT2D eigenvalue weighted by Crippen LogP contribution is -2.31. The molecule has 0 spiro atoms. The van der Waals surface area contributed by atoms with Crippen LogP contribution in [0, 0.1) is 0 Å². The zero-order valence-electron chi connectivity index (χ0n) is 10.5. The molecule has 19 heavy (non-hydrogen) atoms. The van der Waals surface area contributed by atoms with Crippen LogP contribution in [0.3, 0.4) is 0 Å². The number of benzene rings is 1. The predicted molar refractivity (Wildman–Crippen MR) is 89.3 cm³/mol. The normalized spacial score (nSPS) is 10.8. The van der Waals surface area contributed by atoms with E-state index < -0.39 is 0 Å². The van der Waals surface area contributed by atoms with Gasteiger partial charge in [0, 0.05) is 13.4 Å². The van der Waals surface area contributed by atoms with Crippen LogP contribution in [-0.4, -0.2) is 37.5 Å². The van der Waals surface area contributed by atoms with Crippen molar-refractivity contribution in [1.82, 2.24) is 4.90 Å². The van der Waals surface area contributed by atoms with Crippen LogP contribution in [-0.2, 0) is 4.79 Å². The summed E-state index contributed by atoms with van der Waals surface area (Å²) in [6, 6.07) is 3.77. The number of nitrogens with one attached hydrogen (secondary N) is 1. The van der Waals surface area contributed by atoms with Crippen LogP contribution < -0.4 is 11.1 Å². The van der Waals surface area contributed by atoms with E-state index >= 15 is 0 Å². The van der Waals surface area contributed by atoms with Crippen molar-refractivity contribution in [2.45, 2.75) is 6.42 Å². The lowest BCUT2D eigenvalue weighted by atomic mass is 10.3. The van der Waals surface area contributed by atoms with E-state index in [1.54, 1.807) is 0 Å². The minimum atomic E-state index is -0.0526. The number of rotatable bonds is 6. The third kappa shape index (κ3) is 5.91. The smallest absolute Gasteiger partial charge is 0.238 e. The quantitative estimate of drug-likeness (QED) is 0.689. The Labute approximate surface area is 138 Å². The molecule has 0 saturated carbocycles. The number of carbonyl (C=O) groups excluding carboxylic acids is 1. The summed E-state index contributed by atoms with van der Waals surface area (Å²) in [7, 11) is 1.90. The van der Waals surface area contributed by atoms with Crippen molar-refractivity contribution in [1.29, 1.82) is 0 Å². The van der Waals surface area contributed by atoms with Gasteiger partial charge in [0.15, 0.2) is 0 Å². The zero-order valence-corrected chi connectivity index (χ0v) is 15.3. The minimum absolute atomic E-state index is 0.0526. The highest BCUT2D eigenvalue weighted by Crippen LogP contribution is 2.34. The van der Waals surface area contributed by atoms with Crippen molar-refractivity contribution >= 4 is 59.4 Å². The Hall–Kier alpha value is 0.0500. The Bertz CT molecular complexity index is 431. The lowest BCUT2D eigenvalue weighted by Gasteiger charge is -2.16. The maximum Gasteiger partial charge on any atom is 0.238 e. The third-order valence-electron chi connectivity index (χ3n) is 2.43. The number of hydrogen-bond donors (Lipinski definition) is 2. The molecule has 0 atom stereocenters. The highest BCUT2D eigenvalue weighted by atomic mass is 79.9. The first-order chi connectivity index (χ1) is 8.93. The maximum atomic E-state index is 11.9. The fourth-order valence-electron chi connectivity index (χ4n) is 1.53. The zero-order chi connectivity index (χ0) is 14.4.